The highest BCUT2D eigenvalue weighted by atomic mass is 15.2. The highest BCUT2D eigenvalue weighted by Crippen LogP contribution is 2.22. The standard InChI is InChI=1S/C15H21N3/c1-4-13-7-5-6-8-14(13)15(16-2)9-12-10-17-18(3)11-12/h5-8,10-11,15-16H,4,9H2,1-3H3. The van der Waals surface area contributed by atoms with E-state index in [0.717, 1.165) is 12.8 Å². The van der Waals surface area contributed by atoms with Crippen molar-refractivity contribution < 1.29 is 0 Å². The second-order valence-corrected chi connectivity index (χ2v) is 4.62. The lowest BCUT2D eigenvalue weighted by molar-refractivity contribution is 0.586. The average molecular weight is 243 g/mol. The average Bonchev–Trinajstić information content (AvgIpc) is 2.81. The number of benzene rings is 1. The summed E-state index contributed by atoms with van der Waals surface area (Å²) >= 11 is 0. The number of aromatic nitrogens is 2. The third-order valence-corrected chi connectivity index (χ3v) is 3.36. The van der Waals surface area contributed by atoms with Gasteiger partial charge in [-0.1, -0.05) is 31.2 Å². The lowest BCUT2D eigenvalue weighted by Crippen LogP contribution is -2.20. The van der Waals surface area contributed by atoms with Gasteiger partial charge in [0, 0.05) is 19.3 Å². The van der Waals surface area contributed by atoms with Crippen LogP contribution in [-0.4, -0.2) is 16.8 Å². The molecule has 0 aliphatic carbocycles. The van der Waals surface area contributed by atoms with Crippen LogP contribution in [0, 0.1) is 0 Å². The minimum atomic E-state index is 0.352. The molecule has 0 amide bonds. The summed E-state index contributed by atoms with van der Waals surface area (Å²) in [5.41, 5.74) is 4.08. The zero-order valence-electron chi connectivity index (χ0n) is 11.4. The molecule has 1 aromatic carbocycles. The minimum absolute atomic E-state index is 0.352. The molecule has 3 nitrogen and oxygen atoms in total. The Bertz CT molecular complexity index is 502. The van der Waals surface area contributed by atoms with Crippen LogP contribution in [0.1, 0.15) is 29.7 Å². The van der Waals surface area contributed by atoms with E-state index < -0.39 is 0 Å². The van der Waals surface area contributed by atoms with Crippen LogP contribution in [0.2, 0.25) is 0 Å². The number of rotatable bonds is 5. The molecule has 0 bridgehead atoms. The normalized spacial score (nSPS) is 12.6. The van der Waals surface area contributed by atoms with Crippen molar-refractivity contribution in [2.45, 2.75) is 25.8 Å². The third-order valence-electron chi connectivity index (χ3n) is 3.36. The fourth-order valence-electron chi connectivity index (χ4n) is 2.38. The zero-order chi connectivity index (χ0) is 13.0. The molecule has 0 fully saturated rings. The molecule has 0 aliphatic heterocycles. The monoisotopic (exact) mass is 243 g/mol. The van der Waals surface area contributed by atoms with E-state index in [-0.39, 0.29) is 0 Å². The predicted molar refractivity (Wildman–Crippen MR) is 74.5 cm³/mol. The summed E-state index contributed by atoms with van der Waals surface area (Å²) in [6.07, 6.45) is 6.07. The van der Waals surface area contributed by atoms with Gasteiger partial charge >= 0.3 is 0 Å². The van der Waals surface area contributed by atoms with Gasteiger partial charge in [-0.3, -0.25) is 4.68 Å². The van der Waals surface area contributed by atoms with Crippen LogP contribution < -0.4 is 5.32 Å². The first-order valence-electron chi connectivity index (χ1n) is 6.47. The molecule has 0 aliphatic rings. The quantitative estimate of drug-likeness (QED) is 0.874. The summed E-state index contributed by atoms with van der Waals surface area (Å²) in [5, 5.41) is 7.64. The number of hydrogen-bond acceptors (Lipinski definition) is 2. The smallest absolute Gasteiger partial charge is 0.0522 e. The number of nitrogens with zero attached hydrogens (tertiary/aromatic N) is 2. The van der Waals surface area contributed by atoms with E-state index in [4.69, 9.17) is 0 Å². The summed E-state index contributed by atoms with van der Waals surface area (Å²) in [5.74, 6) is 0. The summed E-state index contributed by atoms with van der Waals surface area (Å²) in [6, 6.07) is 9.01. The van der Waals surface area contributed by atoms with Crippen molar-refractivity contribution in [2.75, 3.05) is 7.05 Å². The third kappa shape index (κ3) is 2.79. The Labute approximate surface area is 109 Å². The second kappa shape index (κ2) is 5.83. The Balaban J connectivity index is 2.22. The fourth-order valence-corrected chi connectivity index (χ4v) is 2.38. The molecule has 18 heavy (non-hydrogen) atoms. The van der Waals surface area contributed by atoms with E-state index in [0.29, 0.717) is 6.04 Å². The molecule has 1 heterocycles. The summed E-state index contributed by atoms with van der Waals surface area (Å²) < 4.78 is 1.85. The van der Waals surface area contributed by atoms with Crippen molar-refractivity contribution in [3.8, 4) is 0 Å². The Hall–Kier alpha value is -1.61. The Morgan fingerprint density at radius 1 is 1.33 bits per heavy atom. The van der Waals surface area contributed by atoms with E-state index >= 15 is 0 Å². The molecule has 0 spiro atoms. The van der Waals surface area contributed by atoms with Crippen molar-refractivity contribution in [3.63, 3.8) is 0 Å². The van der Waals surface area contributed by atoms with Gasteiger partial charge in [0.1, 0.15) is 0 Å². The van der Waals surface area contributed by atoms with Crippen LogP contribution in [0.5, 0.6) is 0 Å². The maximum atomic E-state index is 4.23. The fraction of sp³-hybridized carbons (Fsp3) is 0.400. The van der Waals surface area contributed by atoms with Crippen molar-refractivity contribution in [3.05, 3.63) is 53.3 Å². The zero-order valence-corrected chi connectivity index (χ0v) is 11.4. The van der Waals surface area contributed by atoms with Gasteiger partial charge in [-0.05, 0) is 36.6 Å². The van der Waals surface area contributed by atoms with Gasteiger partial charge in [0.25, 0.3) is 0 Å². The molecular weight excluding hydrogens is 222 g/mol. The van der Waals surface area contributed by atoms with Crippen molar-refractivity contribution in [1.29, 1.82) is 0 Å². The maximum absolute atomic E-state index is 4.23. The maximum Gasteiger partial charge on any atom is 0.0522 e. The van der Waals surface area contributed by atoms with Gasteiger partial charge in [0.2, 0.25) is 0 Å². The first kappa shape index (κ1) is 12.8. The van der Waals surface area contributed by atoms with Gasteiger partial charge < -0.3 is 5.32 Å². The Morgan fingerprint density at radius 3 is 2.72 bits per heavy atom. The molecule has 2 aromatic rings. The highest BCUT2D eigenvalue weighted by molar-refractivity contribution is 5.31. The van der Waals surface area contributed by atoms with Gasteiger partial charge in [-0.15, -0.1) is 0 Å². The first-order valence-corrected chi connectivity index (χ1v) is 6.47. The van der Waals surface area contributed by atoms with Gasteiger partial charge in [-0.2, -0.15) is 5.10 Å². The van der Waals surface area contributed by atoms with Crippen molar-refractivity contribution in [1.82, 2.24) is 15.1 Å². The van der Waals surface area contributed by atoms with Crippen LogP contribution >= 0.6 is 0 Å². The first-order chi connectivity index (χ1) is 8.74. The number of nitrogens with one attached hydrogen (secondary N) is 1. The molecule has 0 saturated carbocycles. The SMILES string of the molecule is CCc1ccccc1C(Cc1cnn(C)c1)NC. The molecular formula is C15H21N3. The number of likely N-dealkylation sites (N-methyl/N-ethyl adjacent to an activating group) is 1. The second-order valence-electron chi connectivity index (χ2n) is 4.62. The Morgan fingerprint density at radius 2 is 2.11 bits per heavy atom. The number of aryl methyl sites for hydroxylation is 2. The summed E-state index contributed by atoms with van der Waals surface area (Å²) in [7, 11) is 3.98. The lowest BCUT2D eigenvalue weighted by Gasteiger charge is -2.19. The van der Waals surface area contributed by atoms with Gasteiger partial charge in [-0.25, -0.2) is 0 Å². The molecule has 1 unspecified atom stereocenters. The minimum Gasteiger partial charge on any atom is -0.313 e. The van der Waals surface area contributed by atoms with Gasteiger partial charge in [0.15, 0.2) is 0 Å². The van der Waals surface area contributed by atoms with Crippen LogP contribution in [0.15, 0.2) is 36.7 Å². The largest absolute Gasteiger partial charge is 0.313 e. The molecule has 3 heteroatoms. The van der Waals surface area contributed by atoms with Crippen LogP contribution in [-0.2, 0) is 19.9 Å². The predicted octanol–water partition coefficient (Wildman–Crippen LogP) is 2.49. The summed E-state index contributed by atoms with van der Waals surface area (Å²) in [6.45, 7) is 2.20. The highest BCUT2D eigenvalue weighted by Gasteiger charge is 2.13. The molecule has 1 N–H and O–H groups in total. The van der Waals surface area contributed by atoms with Gasteiger partial charge in [0.05, 0.1) is 6.20 Å². The molecule has 96 valence electrons. The van der Waals surface area contributed by atoms with E-state index in [1.165, 1.54) is 16.7 Å². The van der Waals surface area contributed by atoms with E-state index in [9.17, 15) is 0 Å². The van der Waals surface area contributed by atoms with E-state index in [1.54, 1.807) is 0 Å². The topological polar surface area (TPSA) is 29.9 Å². The summed E-state index contributed by atoms with van der Waals surface area (Å²) in [4.78, 5) is 0. The molecule has 1 aromatic heterocycles. The van der Waals surface area contributed by atoms with Crippen LogP contribution in [0.4, 0.5) is 0 Å². The van der Waals surface area contributed by atoms with Crippen molar-refractivity contribution in [2.24, 2.45) is 7.05 Å². The molecule has 0 radical (unpaired) electrons. The molecule has 2 rings (SSSR count). The lowest BCUT2D eigenvalue weighted by atomic mass is 9.95. The van der Waals surface area contributed by atoms with E-state index in [1.807, 2.05) is 25.0 Å². The Kier molecular flexibility index (Phi) is 4.15. The van der Waals surface area contributed by atoms with Crippen LogP contribution in [0.3, 0.4) is 0 Å². The van der Waals surface area contributed by atoms with E-state index in [2.05, 4.69) is 47.8 Å². The number of hydrogen-bond donors (Lipinski definition) is 1. The van der Waals surface area contributed by atoms with Crippen LogP contribution in [0.25, 0.3) is 0 Å². The van der Waals surface area contributed by atoms with Crippen molar-refractivity contribution >= 4 is 0 Å². The molecule has 1 atom stereocenters. The molecule has 0 saturated heterocycles.